The van der Waals surface area contributed by atoms with Crippen molar-refractivity contribution in [3.05, 3.63) is 53.3 Å². The molecular formula is C20H25N3O2. The molecule has 2 aliphatic heterocycles. The van der Waals surface area contributed by atoms with Crippen LogP contribution < -0.4 is 0 Å². The topological polar surface area (TPSA) is 58.2 Å². The van der Waals surface area contributed by atoms with Gasteiger partial charge in [0.05, 0.1) is 18.2 Å². The number of nitrogens with zero attached hydrogens (tertiary/aromatic N) is 2. The van der Waals surface area contributed by atoms with E-state index in [0.717, 1.165) is 56.8 Å². The lowest BCUT2D eigenvalue weighted by molar-refractivity contribution is -0.136. The highest BCUT2D eigenvalue weighted by molar-refractivity contribution is 5.79. The molecular weight excluding hydrogens is 314 g/mol. The molecule has 0 unspecified atom stereocenters. The number of hydrogen-bond donors (Lipinski definition) is 1. The molecule has 2 fully saturated rings. The second kappa shape index (κ2) is 7.40. The van der Waals surface area contributed by atoms with E-state index < -0.39 is 0 Å². The fourth-order valence-corrected chi connectivity index (χ4v) is 3.88. The summed E-state index contributed by atoms with van der Waals surface area (Å²) in [5.41, 5.74) is 3.59. The minimum absolute atomic E-state index is 0.0828. The molecule has 2 saturated heterocycles. The molecule has 1 N–H and O–H groups in total. The van der Waals surface area contributed by atoms with Gasteiger partial charge in [0.2, 0.25) is 5.91 Å². The largest absolute Gasteiger partial charge is 0.381 e. The number of rotatable bonds is 4. The number of ether oxygens (including phenoxy) is 1. The Bertz CT molecular complexity index is 699. The highest BCUT2D eigenvalue weighted by atomic mass is 16.5. The van der Waals surface area contributed by atoms with Crippen LogP contribution in [0.25, 0.3) is 0 Å². The highest BCUT2D eigenvalue weighted by Crippen LogP contribution is 2.29. The molecule has 1 atom stereocenters. The Morgan fingerprint density at radius 2 is 2.00 bits per heavy atom. The molecule has 0 bridgehead atoms. The number of hydrogen-bond acceptors (Lipinski definition) is 3. The number of nitrogens with one attached hydrogen (secondary N) is 1. The average molecular weight is 339 g/mol. The first-order chi connectivity index (χ1) is 12.3. The molecule has 25 heavy (non-hydrogen) atoms. The van der Waals surface area contributed by atoms with Gasteiger partial charge in [0.15, 0.2) is 0 Å². The Labute approximate surface area is 148 Å². The molecule has 0 radical (unpaired) electrons. The van der Waals surface area contributed by atoms with Gasteiger partial charge in [-0.1, -0.05) is 30.3 Å². The van der Waals surface area contributed by atoms with E-state index in [2.05, 4.69) is 40.5 Å². The summed E-state index contributed by atoms with van der Waals surface area (Å²) in [6.45, 7) is 2.99. The minimum Gasteiger partial charge on any atom is -0.381 e. The van der Waals surface area contributed by atoms with E-state index in [-0.39, 0.29) is 11.8 Å². The number of piperidine rings is 1. The van der Waals surface area contributed by atoms with Gasteiger partial charge in [-0.15, -0.1) is 0 Å². The Morgan fingerprint density at radius 1 is 1.20 bits per heavy atom. The third-order valence-corrected chi connectivity index (χ3v) is 5.39. The van der Waals surface area contributed by atoms with Gasteiger partial charge < -0.3 is 9.64 Å². The summed E-state index contributed by atoms with van der Waals surface area (Å²) >= 11 is 0. The van der Waals surface area contributed by atoms with Crippen molar-refractivity contribution < 1.29 is 9.53 Å². The number of carbonyl (C=O) groups excluding carboxylic acids is 1. The third kappa shape index (κ3) is 3.76. The second-order valence-corrected chi connectivity index (χ2v) is 7.14. The van der Waals surface area contributed by atoms with Gasteiger partial charge in [-0.2, -0.15) is 5.10 Å². The van der Waals surface area contributed by atoms with Crippen LogP contribution in [0.15, 0.2) is 36.4 Å². The number of carbonyl (C=O) groups is 1. The zero-order chi connectivity index (χ0) is 17.1. The van der Waals surface area contributed by atoms with Crippen LogP contribution in [0, 0.1) is 5.92 Å². The quantitative estimate of drug-likeness (QED) is 0.932. The number of amides is 1. The van der Waals surface area contributed by atoms with Crippen LogP contribution in [-0.2, 0) is 16.0 Å². The van der Waals surface area contributed by atoms with Gasteiger partial charge in [0.25, 0.3) is 0 Å². The van der Waals surface area contributed by atoms with Gasteiger partial charge in [-0.25, -0.2) is 0 Å². The molecule has 0 saturated carbocycles. The molecule has 5 nitrogen and oxygen atoms in total. The molecule has 1 amide bonds. The number of benzene rings is 1. The number of H-pyrrole nitrogens is 1. The average Bonchev–Trinajstić information content (AvgIpc) is 3.34. The van der Waals surface area contributed by atoms with Gasteiger partial charge in [-0.05, 0) is 30.9 Å². The lowest BCUT2D eigenvalue weighted by Gasteiger charge is -2.32. The molecule has 3 heterocycles. The molecule has 4 rings (SSSR count). The first kappa shape index (κ1) is 16.3. The van der Waals surface area contributed by atoms with E-state index in [1.54, 1.807) is 0 Å². The molecule has 0 spiro atoms. The first-order valence-corrected chi connectivity index (χ1v) is 9.24. The summed E-state index contributed by atoms with van der Waals surface area (Å²) in [6, 6.07) is 12.6. The summed E-state index contributed by atoms with van der Waals surface area (Å²) in [5, 5.41) is 7.72. The molecule has 1 aromatic carbocycles. The van der Waals surface area contributed by atoms with Crippen LogP contribution in [0.5, 0.6) is 0 Å². The van der Waals surface area contributed by atoms with Crippen molar-refractivity contribution in [2.24, 2.45) is 5.92 Å². The van der Waals surface area contributed by atoms with Crippen molar-refractivity contribution in [1.82, 2.24) is 15.1 Å². The standard InChI is InChI=1S/C20H25N3O2/c24-20(17-8-11-25-14-17)23-9-6-16(7-10-23)19-13-18(21-22-19)12-15-4-2-1-3-5-15/h1-5,13,16-17H,6-12,14H2,(H,21,22)/t17-/m0/s1. The lowest BCUT2D eigenvalue weighted by atomic mass is 9.92. The lowest BCUT2D eigenvalue weighted by Crippen LogP contribution is -2.41. The van der Waals surface area contributed by atoms with Crippen LogP contribution in [0.2, 0.25) is 0 Å². The summed E-state index contributed by atoms with van der Waals surface area (Å²) in [4.78, 5) is 14.5. The minimum atomic E-state index is 0.0828. The fourth-order valence-electron chi connectivity index (χ4n) is 3.88. The van der Waals surface area contributed by atoms with E-state index in [4.69, 9.17) is 4.74 Å². The molecule has 5 heteroatoms. The van der Waals surface area contributed by atoms with Crippen molar-refractivity contribution in [2.45, 2.75) is 31.6 Å². The highest BCUT2D eigenvalue weighted by Gasteiger charge is 2.31. The second-order valence-electron chi connectivity index (χ2n) is 7.14. The summed E-state index contributed by atoms with van der Waals surface area (Å²) < 4.78 is 5.35. The normalized spacial score (nSPS) is 21.6. The molecule has 132 valence electrons. The zero-order valence-electron chi connectivity index (χ0n) is 14.5. The van der Waals surface area contributed by atoms with Crippen molar-refractivity contribution in [3.8, 4) is 0 Å². The Morgan fingerprint density at radius 3 is 2.72 bits per heavy atom. The monoisotopic (exact) mass is 339 g/mol. The van der Waals surface area contributed by atoms with Gasteiger partial charge in [-0.3, -0.25) is 9.89 Å². The molecule has 0 aliphatic carbocycles. The van der Waals surface area contributed by atoms with Crippen molar-refractivity contribution in [2.75, 3.05) is 26.3 Å². The summed E-state index contributed by atoms with van der Waals surface area (Å²) in [7, 11) is 0. The Hall–Kier alpha value is -2.14. The maximum atomic E-state index is 12.5. The number of aromatic nitrogens is 2. The smallest absolute Gasteiger partial charge is 0.228 e. The molecule has 2 aromatic rings. The van der Waals surface area contributed by atoms with E-state index >= 15 is 0 Å². The van der Waals surface area contributed by atoms with Crippen molar-refractivity contribution in [1.29, 1.82) is 0 Å². The van der Waals surface area contributed by atoms with E-state index in [9.17, 15) is 4.79 Å². The van der Waals surface area contributed by atoms with Crippen molar-refractivity contribution in [3.63, 3.8) is 0 Å². The fraction of sp³-hybridized carbons (Fsp3) is 0.500. The van der Waals surface area contributed by atoms with Crippen LogP contribution in [0.1, 0.15) is 42.1 Å². The first-order valence-electron chi connectivity index (χ1n) is 9.24. The van der Waals surface area contributed by atoms with Gasteiger partial charge >= 0.3 is 0 Å². The summed E-state index contributed by atoms with van der Waals surface area (Å²) in [6.07, 6.45) is 3.75. The van der Waals surface area contributed by atoms with Crippen LogP contribution in [-0.4, -0.2) is 47.3 Å². The van der Waals surface area contributed by atoms with E-state index in [0.29, 0.717) is 12.5 Å². The molecule has 2 aliphatic rings. The third-order valence-electron chi connectivity index (χ3n) is 5.39. The van der Waals surface area contributed by atoms with Gasteiger partial charge in [0, 0.05) is 37.7 Å². The Kier molecular flexibility index (Phi) is 4.83. The van der Waals surface area contributed by atoms with Crippen LogP contribution in [0.3, 0.4) is 0 Å². The molecule has 1 aromatic heterocycles. The maximum absolute atomic E-state index is 12.5. The maximum Gasteiger partial charge on any atom is 0.228 e. The van der Waals surface area contributed by atoms with E-state index in [1.165, 1.54) is 5.56 Å². The van der Waals surface area contributed by atoms with Crippen LogP contribution >= 0.6 is 0 Å². The predicted molar refractivity (Wildman–Crippen MR) is 95.3 cm³/mol. The number of aromatic amines is 1. The zero-order valence-corrected chi connectivity index (χ0v) is 14.5. The van der Waals surface area contributed by atoms with E-state index in [1.807, 2.05) is 11.0 Å². The van der Waals surface area contributed by atoms with Crippen molar-refractivity contribution >= 4 is 5.91 Å². The predicted octanol–water partition coefficient (Wildman–Crippen LogP) is 2.74. The van der Waals surface area contributed by atoms with Gasteiger partial charge in [0.1, 0.15) is 0 Å². The SMILES string of the molecule is O=C([C@H]1CCOC1)N1CCC(c2cc(Cc3ccccc3)[nH]n2)CC1. The summed E-state index contributed by atoms with van der Waals surface area (Å²) in [5.74, 6) is 0.812. The van der Waals surface area contributed by atoms with Crippen LogP contribution in [0.4, 0.5) is 0 Å². The Balaban J connectivity index is 1.32. The number of likely N-dealkylation sites (tertiary alicyclic amines) is 1.